The van der Waals surface area contributed by atoms with Crippen LogP contribution in [0.4, 0.5) is 0 Å². The summed E-state index contributed by atoms with van der Waals surface area (Å²) in [5.41, 5.74) is 1.78. The second kappa shape index (κ2) is 8.45. The first-order valence-corrected chi connectivity index (χ1v) is 10.9. The zero-order valence-electron chi connectivity index (χ0n) is 15.8. The second-order valence-electron chi connectivity index (χ2n) is 6.86. The van der Waals surface area contributed by atoms with Crippen LogP contribution in [-0.2, 0) is 19.4 Å². The van der Waals surface area contributed by atoms with Gasteiger partial charge in [0.15, 0.2) is 15.9 Å². The van der Waals surface area contributed by atoms with E-state index >= 15 is 0 Å². The fourth-order valence-electron chi connectivity index (χ4n) is 3.22. The van der Waals surface area contributed by atoms with Crippen molar-refractivity contribution < 1.29 is 22.7 Å². The monoisotopic (exact) mass is 412 g/mol. The predicted molar refractivity (Wildman–Crippen MR) is 107 cm³/mol. The van der Waals surface area contributed by atoms with Gasteiger partial charge in [-0.3, -0.25) is 4.79 Å². The molecule has 0 unspecified atom stereocenters. The standard InChI is InChI=1S/C21H20N2O5S/c1-14(20(24)23-16-10-11-29(26,27)13-16)28-21(25)19-9-5-4-8-18(19)17-7-3-2-6-15(17)12-22/h2-9,14,16H,10-11,13H2,1H3,(H,23,24)/t14-,16-/m1/s1. The summed E-state index contributed by atoms with van der Waals surface area (Å²) in [5, 5.41) is 12.0. The smallest absolute Gasteiger partial charge is 0.339 e. The molecule has 0 spiro atoms. The van der Waals surface area contributed by atoms with Crippen LogP contribution < -0.4 is 5.32 Å². The number of amides is 1. The van der Waals surface area contributed by atoms with Gasteiger partial charge in [-0.25, -0.2) is 13.2 Å². The Balaban J connectivity index is 1.74. The Morgan fingerprint density at radius 2 is 1.79 bits per heavy atom. The van der Waals surface area contributed by atoms with Gasteiger partial charge in [0.05, 0.1) is 28.7 Å². The highest BCUT2D eigenvalue weighted by Gasteiger charge is 2.31. The van der Waals surface area contributed by atoms with E-state index in [4.69, 9.17) is 4.74 Å². The molecule has 150 valence electrons. The zero-order chi connectivity index (χ0) is 21.0. The first kappa shape index (κ1) is 20.6. The van der Waals surface area contributed by atoms with Crippen molar-refractivity contribution in [1.82, 2.24) is 5.32 Å². The molecule has 1 N–H and O–H groups in total. The molecule has 0 aromatic heterocycles. The molecule has 2 aromatic carbocycles. The van der Waals surface area contributed by atoms with Crippen LogP contribution in [0.5, 0.6) is 0 Å². The maximum atomic E-state index is 12.7. The van der Waals surface area contributed by atoms with Crippen LogP contribution in [0.15, 0.2) is 48.5 Å². The molecule has 1 saturated heterocycles. The number of nitrogens with one attached hydrogen (secondary N) is 1. The van der Waals surface area contributed by atoms with E-state index < -0.39 is 33.9 Å². The van der Waals surface area contributed by atoms with Crippen LogP contribution in [0.1, 0.15) is 29.3 Å². The summed E-state index contributed by atoms with van der Waals surface area (Å²) in [4.78, 5) is 25.0. The van der Waals surface area contributed by atoms with Crippen LogP contribution in [0.3, 0.4) is 0 Å². The van der Waals surface area contributed by atoms with E-state index in [1.54, 1.807) is 48.5 Å². The molecular weight excluding hydrogens is 392 g/mol. The third-order valence-corrected chi connectivity index (χ3v) is 6.48. The van der Waals surface area contributed by atoms with Crippen LogP contribution in [0, 0.1) is 11.3 Å². The number of hydrogen-bond acceptors (Lipinski definition) is 6. The summed E-state index contributed by atoms with van der Waals surface area (Å²) in [6.45, 7) is 1.43. The first-order chi connectivity index (χ1) is 13.8. The third kappa shape index (κ3) is 4.81. The lowest BCUT2D eigenvalue weighted by Crippen LogP contribution is -2.42. The van der Waals surface area contributed by atoms with Gasteiger partial charge in [0.1, 0.15) is 0 Å². The Kier molecular flexibility index (Phi) is 5.99. The number of carbonyl (C=O) groups is 2. The molecule has 8 heteroatoms. The largest absolute Gasteiger partial charge is 0.449 e. The maximum absolute atomic E-state index is 12.7. The van der Waals surface area contributed by atoms with E-state index in [0.29, 0.717) is 23.1 Å². The molecule has 29 heavy (non-hydrogen) atoms. The Morgan fingerprint density at radius 1 is 1.14 bits per heavy atom. The van der Waals surface area contributed by atoms with Crippen molar-refractivity contribution in [2.24, 2.45) is 0 Å². The van der Waals surface area contributed by atoms with Crippen molar-refractivity contribution in [3.8, 4) is 17.2 Å². The summed E-state index contributed by atoms with van der Waals surface area (Å²) in [6, 6.07) is 15.2. The van der Waals surface area contributed by atoms with Crippen LogP contribution in [0.2, 0.25) is 0 Å². The number of ether oxygens (including phenoxy) is 1. The summed E-state index contributed by atoms with van der Waals surface area (Å²) in [5.74, 6) is -1.31. The topological polar surface area (TPSA) is 113 Å². The average Bonchev–Trinajstić information content (AvgIpc) is 3.05. The number of carbonyl (C=O) groups excluding carboxylic acids is 2. The Labute approximate surface area is 169 Å². The van der Waals surface area contributed by atoms with E-state index in [2.05, 4.69) is 11.4 Å². The molecule has 1 aliphatic heterocycles. The lowest BCUT2D eigenvalue weighted by molar-refractivity contribution is -0.129. The van der Waals surface area contributed by atoms with Crippen molar-refractivity contribution in [3.05, 3.63) is 59.7 Å². The van der Waals surface area contributed by atoms with Crippen molar-refractivity contribution in [1.29, 1.82) is 5.26 Å². The molecule has 1 aliphatic rings. The quantitative estimate of drug-likeness (QED) is 0.752. The van der Waals surface area contributed by atoms with E-state index in [1.165, 1.54) is 6.92 Å². The van der Waals surface area contributed by atoms with Gasteiger partial charge in [-0.2, -0.15) is 5.26 Å². The van der Waals surface area contributed by atoms with Gasteiger partial charge < -0.3 is 10.1 Å². The highest BCUT2D eigenvalue weighted by molar-refractivity contribution is 7.91. The molecule has 0 bridgehead atoms. The number of hydrogen-bond donors (Lipinski definition) is 1. The highest BCUT2D eigenvalue weighted by Crippen LogP contribution is 2.27. The van der Waals surface area contributed by atoms with Gasteiger partial charge in [0, 0.05) is 11.6 Å². The molecule has 1 fully saturated rings. The van der Waals surface area contributed by atoms with Gasteiger partial charge in [-0.1, -0.05) is 36.4 Å². The number of nitriles is 1. The lowest BCUT2D eigenvalue weighted by Gasteiger charge is -2.17. The summed E-state index contributed by atoms with van der Waals surface area (Å²) in [7, 11) is -3.12. The Bertz CT molecular complexity index is 1090. The molecule has 0 radical (unpaired) electrons. The predicted octanol–water partition coefficient (Wildman–Crippen LogP) is 2.07. The van der Waals surface area contributed by atoms with Gasteiger partial charge in [0.2, 0.25) is 0 Å². The summed E-state index contributed by atoms with van der Waals surface area (Å²) in [6.07, 6.45) is -0.743. The number of esters is 1. The van der Waals surface area contributed by atoms with Crippen molar-refractivity contribution in [2.45, 2.75) is 25.5 Å². The van der Waals surface area contributed by atoms with Crippen LogP contribution >= 0.6 is 0 Å². The number of sulfone groups is 1. The molecule has 1 heterocycles. The fraction of sp³-hybridized carbons (Fsp3) is 0.286. The number of rotatable bonds is 5. The molecule has 2 atom stereocenters. The fourth-order valence-corrected chi connectivity index (χ4v) is 4.89. The maximum Gasteiger partial charge on any atom is 0.339 e. The summed E-state index contributed by atoms with van der Waals surface area (Å²) >= 11 is 0. The van der Waals surface area contributed by atoms with Crippen LogP contribution in [0.25, 0.3) is 11.1 Å². The van der Waals surface area contributed by atoms with Gasteiger partial charge in [-0.15, -0.1) is 0 Å². The van der Waals surface area contributed by atoms with Gasteiger partial charge >= 0.3 is 5.97 Å². The first-order valence-electron chi connectivity index (χ1n) is 9.11. The van der Waals surface area contributed by atoms with Crippen molar-refractivity contribution >= 4 is 21.7 Å². The minimum absolute atomic E-state index is 0.0395. The zero-order valence-corrected chi connectivity index (χ0v) is 16.6. The Hall–Kier alpha value is -3.18. The number of benzene rings is 2. The lowest BCUT2D eigenvalue weighted by atomic mass is 9.96. The highest BCUT2D eigenvalue weighted by atomic mass is 32.2. The normalized spacial score (nSPS) is 18.4. The Morgan fingerprint density at radius 3 is 2.45 bits per heavy atom. The minimum Gasteiger partial charge on any atom is -0.449 e. The number of nitrogens with zero attached hydrogens (tertiary/aromatic N) is 1. The second-order valence-corrected chi connectivity index (χ2v) is 9.09. The van der Waals surface area contributed by atoms with Crippen LogP contribution in [-0.4, -0.2) is 43.9 Å². The molecule has 2 aromatic rings. The summed E-state index contributed by atoms with van der Waals surface area (Å²) < 4.78 is 28.4. The van der Waals surface area contributed by atoms with Gasteiger partial charge in [0.25, 0.3) is 5.91 Å². The van der Waals surface area contributed by atoms with E-state index in [-0.39, 0.29) is 17.1 Å². The van der Waals surface area contributed by atoms with Crippen molar-refractivity contribution in [2.75, 3.05) is 11.5 Å². The van der Waals surface area contributed by atoms with E-state index in [9.17, 15) is 23.3 Å². The van der Waals surface area contributed by atoms with E-state index in [1.807, 2.05) is 0 Å². The minimum atomic E-state index is -3.12. The molecule has 0 aliphatic carbocycles. The average molecular weight is 412 g/mol. The SMILES string of the molecule is C[C@@H](OC(=O)c1ccccc1-c1ccccc1C#N)C(=O)N[C@@H]1CCS(=O)(=O)C1. The molecule has 3 rings (SSSR count). The molecule has 1 amide bonds. The molecule has 7 nitrogen and oxygen atoms in total. The van der Waals surface area contributed by atoms with E-state index in [0.717, 1.165) is 0 Å². The third-order valence-electron chi connectivity index (χ3n) is 4.72. The molecule has 0 saturated carbocycles. The van der Waals surface area contributed by atoms with Gasteiger partial charge in [-0.05, 0) is 31.0 Å². The van der Waals surface area contributed by atoms with Crippen molar-refractivity contribution in [3.63, 3.8) is 0 Å². The molecular formula is C21H20N2O5S.